The second-order valence-corrected chi connectivity index (χ2v) is 6.93. The minimum absolute atomic E-state index is 0.0820. The Balaban J connectivity index is 1.69. The van der Waals surface area contributed by atoms with Gasteiger partial charge in [0.15, 0.2) is 0 Å². The van der Waals surface area contributed by atoms with E-state index in [0.29, 0.717) is 23.6 Å². The van der Waals surface area contributed by atoms with Crippen molar-refractivity contribution in [2.24, 2.45) is 5.92 Å². The van der Waals surface area contributed by atoms with Gasteiger partial charge >= 0.3 is 0 Å². The Hall–Kier alpha value is -1.40. The van der Waals surface area contributed by atoms with Crippen LogP contribution in [0.15, 0.2) is 6.20 Å². The molecule has 6 nitrogen and oxygen atoms in total. The maximum absolute atomic E-state index is 12.8. The number of ether oxygens (including phenoxy) is 1. The van der Waals surface area contributed by atoms with Crippen LogP contribution >= 0.6 is 0 Å². The number of carbonyl (C=O) groups is 1. The Kier molecular flexibility index (Phi) is 5.02. The molecule has 1 aromatic heterocycles. The van der Waals surface area contributed by atoms with E-state index in [1.54, 1.807) is 6.20 Å². The second-order valence-electron chi connectivity index (χ2n) is 6.93. The zero-order chi connectivity index (χ0) is 16.4. The quantitative estimate of drug-likeness (QED) is 0.917. The smallest absolute Gasteiger partial charge is 0.271 e. The highest BCUT2D eigenvalue weighted by molar-refractivity contribution is 5.92. The zero-order valence-electron chi connectivity index (χ0n) is 14.4. The van der Waals surface area contributed by atoms with Gasteiger partial charge in [-0.25, -0.2) is 4.98 Å². The van der Waals surface area contributed by atoms with Crippen molar-refractivity contribution in [2.75, 3.05) is 39.4 Å². The van der Waals surface area contributed by atoms with Crippen molar-refractivity contribution in [3.8, 4) is 0 Å². The number of hydrogen-bond acceptors (Lipinski definition) is 4. The minimum atomic E-state index is 0.0820. The van der Waals surface area contributed by atoms with Gasteiger partial charge in [-0.2, -0.15) is 0 Å². The summed E-state index contributed by atoms with van der Waals surface area (Å²) < 4.78 is 5.46. The van der Waals surface area contributed by atoms with Gasteiger partial charge < -0.3 is 14.6 Å². The van der Waals surface area contributed by atoms with Gasteiger partial charge in [-0.05, 0) is 5.92 Å². The Morgan fingerprint density at radius 2 is 2.13 bits per heavy atom. The lowest BCUT2D eigenvalue weighted by Gasteiger charge is -2.34. The number of aromatic nitrogens is 2. The van der Waals surface area contributed by atoms with E-state index < -0.39 is 0 Å². The van der Waals surface area contributed by atoms with Gasteiger partial charge in [0.1, 0.15) is 11.5 Å². The van der Waals surface area contributed by atoms with Crippen LogP contribution in [0.25, 0.3) is 0 Å². The first-order chi connectivity index (χ1) is 11.1. The number of morpholine rings is 1. The summed E-state index contributed by atoms with van der Waals surface area (Å²) in [4.78, 5) is 24.8. The molecule has 2 aliphatic rings. The van der Waals surface area contributed by atoms with Crippen LogP contribution in [-0.2, 0) is 4.74 Å². The third kappa shape index (κ3) is 3.43. The zero-order valence-corrected chi connectivity index (χ0v) is 14.4. The van der Waals surface area contributed by atoms with Gasteiger partial charge in [-0.1, -0.05) is 27.2 Å². The molecule has 6 heteroatoms. The monoisotopic (exact) mass is 320 g/mol. The number of H-pyrrole nitrogens is 1. The van der Waals surface area contributed by atoms with E-state index in [2.05, 4.69) is 35.6 Å². The molecule has 0 spiro atoms. The summed E-state index contributed by atoms with van der Waals surface area (Å²) >= 11 is 0. The van der Waals surface area contributed by atoms with Crippen LogP contribution in [0.5, 0.6) is 0 Å². The number of rotatable bonds is 4. The van der Waals surface area contributed by atoms with Gasteiger partial charge in [-0.3, -0.25) is 9.69 Å². The van der Waals surface area contributed by atoms with Crippen molar-refractivity contribution in [3.63, 3.8) is 0 Å². The van der Waals surface area contributed by atoms with Gasteiger partial charge in [0, 0.05) is 38.1 Å². The summed E-state index contributed by atoms with van der Waals surface area (Å²) in [7, 11) is 0. The molecule has 0 radical (unpaired) electrons. The average Bonchev–Trinajstić information content (AvgIpc) is 3.22. The summed E-state index contributed by atoms with van der Waals surface area (Å²) in [5.74, 6) is 1.81. The molecule has 23 heavy (non-hydrogen) atoms. The molecule has 2 saturated heterocycles. The molecule has 1 amide bonds. The van der Waals surface area contributed by atoms with E-state index in [4.69, 9.17) is 4.74 Å². The topological polar surface area (TPSA) is 61.5 Å². The second kappa shape index (κ2) is 7.01. The normalized spacial score (nSPS) is 26.2. The number of aromatic amines is 1. The van der Waals surface area contributed by atoms with Crippen molar-refractivity contribution >= 4 is 5.91 Å². The number of likely N-dealkylation sites (tertiary alicyclic amines) is 1. The molecule has 0 bridgehead atoms. The number of imidazole rings is 1. The van der Waals surface area contributed by atoms with Crippen molar-refractivity contribution in [3.05, 3.63) is 17.7 Å². The van der Waals surface area contributed by atoms with E-state index in [1.807, 2.05) is 4.90 Å². The highest BCUT2D eigenvalue weighted by Crippen LogP contribution is 2.26. The Morgan fingerprint density at radius 3 is 2.74 bits per heavy atom. The summed E-state index contributed by atoms with van der Waals surface area (Å²) in [5.41, 5.74) is 0.617. The molecule has 0 aliphatic carbocycles. The van der Waals surface area contributed by atoms with E-state index >= 15 is 0 Å². The summed E-state index contributed by atoms with van der Waals surface area (Å²) in [5, 5.41) is 0. The molecule has 3 rings (SSSR count). The van der Waals surface area contributed by atoms with E-state index in [9.17, 15) is 4.79 Å². The number of nitrogens with one attached hydrogen (secondary N) is 1. The van der Waals surface area contributed by atoms with Crippen molar-refractivity contribution < 1.29 is 9.53 Å². The van der Waals surface area contributed by atoms with Crippen LogP contribution in [0.1, 0.15) is 49.4 Å². The Labute approximate surface area is 138 Å². The van der Waals surface area contributed by atoms with Crippen LogP contribution in [0.3, 0.4) is 0 Å². The predicted octanol–water partition coefficient (Wildman–Crippen LogP) is 1.72. The highest BCUT2D eigenvalue weighted by atomic mass is 16.5. The summed E-state index contributed by atoms with van der Waals surface area (Å²) in [6.07, 6.45) is 2.78. The molecule has 0 unspecified atom stereocenters. The molecule has 2 fully saturated rings. The molecule has 0 aromatic carbocycles. The molecular formula is C17H28N4O2. The fourth-order valence-corrected chi connectivity index (χ4v) is 3.65. The lowest BCUT2D eigenvalue weighted by molar-refractivity contribution is 0.0102. The standard InChI is InChI=1S/C17H28N4O2/c1-4-13-10-21(11-15(13)20-5-7-23-8-6-20)17(22)14-9-18-16(19-14)12(2)3/h9,12-13,15H,4-8,10-11H2,1-3H3,(H,18,19)/t13-,15+/m0/s1. The average molecular weight is 320 g/mol. The highest BCUT2D eigenvalue weighted by Gasteiger charge is 2.38. The maximum Gasteiger partial charge on any atom is 0.271 e. The Bertz CT molecular complexity index is 536. The molecule has 1 N–H and O–H groups in total. The molecule has 3 heterocycles. The molecule has 128 valence electrons. The van der Waals surface area contributed by atoms with Crippen LogP contribution in [-0.4, -0.2) is 71.1 Å². The van der Waals surface area contributed by atoms with Crippen LogP contribution in [0.2, 0.25) is 0 Å². The molecular weight excluding hydrogens is 292 g/mol. The first kappa shape index (κ1) is 16.5. The van der Waals surface area contributed by atoms with Gasteiger partial charge in [-0.15, -0.1) is 0 Å². The minimum Gasteiger partial charge on any atom is -0.379 e. The lowest BCUT2D eigenvalue weighted by atomic mass is 9.99. The van der Waals surface area contributed by atoms with Gasteiger partial charge in [0.05, 0.1) is 19.4 Å². The first-order valence-electron chi connectivity index (χ1n) is 8.76. The molecule has 1 aromatic rings. The molecule has 0 saturated carbocycles. The first-order valence-corrected chi connectivity index (χ1v) is 8.76. The third-order valence-corrected chi connectivity index (χ3v) is 5.11. The summed E-state index contributed by atoms with van der Waals surface area (Å²) in [6, 6.07) is 0.459. The van der Waals surface area contributed by atoms with E-state index in [1.165, 1.54) is 0 Å². The number of carbonyl (C=O) groups excluding carboxylic acids is 1. The lowest BCUT2D eigenvalue weighted by Crippen LogP contribution is -2.47. The number of nitrogens with zero attached hydrogens (tertiary/aromatic N) is 3. The van der Waals surface area contributed by atoms with Gasteiger partial charge in [0.2, 0.25) is 0 Å². The van der Waals surface area contributed by atoms with Crippen molar-refractivity contribution in [1.29, 1.82) is 0 Å². The van der Waals surface area contributed by atoms with Crippen LogP contribution in [0.4, 0.5) is 0 Å². The van der Waals surface area contributed by atoms with E-state index in [0.717, 1.165) is 51.6 Å². The predicted molar refractivity (Wildman–Crippen MR) is 88.5 cm³/mol. The van der Waals surface area contributed by atoms with Crippen LogP contribution in [0, 0.1) is 5.92 Å². The number of amides is 1. The fourth-order valence-electron chi connectivity index (χ4n) is 3.65. The van der Waals surface area contributed by atoms with Crippen molar-refractivity contribution in [1.82, 2.24) is 19.8 Å². The fraction of sp³-hybridized carbons (Fsp3) is 0.765. The molecule has 2 aliphatic heterocycles. The number of hydrogen-bond donors (Lipinski definition) is 1. The van der Waals surface area contributed by atoms with Crippen LogP contribution < -0.4 is 0 Å². The SMILES string of the molecule is CC[C@H]1CN(C(=O)c2cnc(C(C)C)[nH]2)C[C@H]1N1CCOCC1. The summed E-state index contributed by atoms with van der Waals surface area (Å²) in [6.45, 7) is 11.6. The largest absolute Gasteiger partial charge is 0.379 e. The van der Waals surface area contributed by atoms with E-state index in [-0.39, 0.29) is 5.91 Å². The van der Waals surface area contributed by atoms with Crippen molar-refractivity contribution in [2.45, 2.75) is 39.2 Å². The van der Waals surface area contributed by atoms with Gasteiger partial charge in [0.25, 0.3) is 5.91 Å². The Morgan fingerprint density at radius 1 is 1.39 bits per heavy atom. The maximum atomic E-state index is 12.8. The molecule has 2 atom stereocenters. The third-order valence-electron chi connectivity index (χ3n) is 5.11.